The van der Waals surface area contributed by atoms with Crippen LogP contribution in [0.25, 0.3) is 0 Å². The largest absolute Gasteiger partial charge is 0.496 e. The van der Waals surface area contributed by atoms with E-state index in [2.05, 4.69) is 0 Å². The first-order valence-corrected chi connectivity index (χ1v) is 11.1. The van der Waals surface area contributed by atoms with E-state index in [9.17, 15) is 15.0 Å². The number of carbonyl (C=O) groups is 1. The summed E-state index contributed by atoms with van der Waals surface area (Å²) in [4.78, 5) is 12.6. The molecule has 0 fully saturated rings. The average Bonchev–Trinajstić information content (AvgIpc) is 2.70. The van der Waals surface area contributed by atoms with Gasteiger partial charge in [-0.15, -0.1) is 0 Å². The number of aliphatic hydroxyl groups excluding tert-OH is 2. The summed E-state index contributed by atoms with van der Waals surface area (Å²) in [7, 11) is 1.47. The van der Waals surface area contributed by atoms with Crippen molar-refractivity contribution in [3.63, 3.8) is 0 Å². The van der Waals surface area contributed by atoms with Crippen molar-refractivity contribution in [3.8, 4) is 23.0 Å². The van der Waals surface area contributed by atoms with Gasteiger partial charge in [0.05, 0.1) is 30.8 Å². The Morgan fingerprint density at radius 2 is 1.94 bits per heavy atom. The Morgan fingerprint density at radius 3 is 2.55 bits per heavy atom. The molecule has 7 nitrogen and oxygen atoms in total. The number of ether oxygens (including phenoxy) is 4. The summed E-state index contributed by atoms with van der Waals surface area (Å²) in [6, 6.07) is 6.97. The van der Waals surface area contributed by atoms with E-state index < -0.39 is 23.8 Å². The van der Waals surface area contributed by atoms with Crippen LogP contribution in [-0.4, -0.2) is 23.3 Å². The highest BCUT2D eigenvalue weighted by Gasteiger charge is 2.31. The van der Waals surface area contributed by atoms with Crippen molar-refractivity contribution in [2.24, 2.45) is 11.3 Å². The quantitative estimate of drug-likeness (QED) is 0.461. The van der Waals surface area contributed by atoms with Crippen LogP contribution in [0.15, 0.2) is 24.3 Å². The number of hydrogen-bond donors (Lipinski definition) is 2. The third kappa shape index (κ3) is 5.49. The summed E-state index contributed by atoms with van der Waals surface area (Å²) in [5, 5.41) is 21.6. The number of methoxy groups -OCH3 is 1. The van der Waals surface area contributed by atoms with E-state index in [1.807, 2.05) is 26.8 Å². The molecule has 0 saturated carbocycles. The van der Waals surface area contributed by atoms with Gasteiger partial charge in [-0.1, -0.05) is 13.8 Å². The predicted octanol–water partition coefficient (Wildman–Crippen LogP) is 5.35. The van der Waals surface area contributed by atoms with Crippen molar-refractivity contribution < 1.29 is 34.0 Å². The zero-order valence-corrected chi connectivity index (χ0v) is 20.4. The van der Waals surface area contributed by atoms with Gasteiger partial charge in [0.25, 0.3) is 0 Å². The molecule has 33 heavy (non-hydrogen) atoms. The predicted molar refractivity (Wildman–Crippen MR) is 124 cm³/mol. The first kappa shape index (κ1) is 25.0. The van der Waals surface area contributed by atoms with E-state index >= 15 is 0 Å². The number of rotatable bonds is 5. The summed E-state index contributed by atoms with van der Waals surface area (Å²) < 4.78 is 23.3. The molecule has 1 heterocycles. The molecule has 2 N–H and O–H groups in total. The van der Waals surface area contributed by atoms with Crippen molar-refractivity contribution in [1.29, 1.82) is 0 Å². The molecular weight excluding hydrogens is 424 g/mol. The Kier molecular flexibility index (Phi) is 7.36. The van der Waals surface area contributed by atoms with Crippen molar-refractivity contribution in [2.45, 2.75) is 67.0 Å². The molecule has 2 aromatic rings. The summed E-state index contributed by atoms with van der Waals surface area (Å²) in [6.07, 6.45) is -1.58. The Morgan fingerprint density at radius 1 is 1.24 bits per heavy atom. The molecule has 0 saturated heterocycles. The molecule has 0 aliphatic carbocycles. The van der Waals surface area contributed by atoms with Crippen LogP contribution in [0, 0.1) is 18.3 Å². The van der Waals surface area contributed by atoms with Crippen LogP contribution >= 0.6 is 0 Å². The van der Waals surface area contributed by atoms with Gasteiger partial charge in [0.1, 0.15) is 11.5 Å². The van der Waals surface area contributed by atoms with Gasteiger partial charge in [0.15, 0.2) is 17.8 Å². The van der Waals surface area contributed by atoms with Gasteiger partial charge in [-0.05, 0) is 69.9 Å². The third-order valence-corrected chi connectivity index (χ3v) is 5.39. The van der Waals surface area contributed by atoms with Crippen LogP contribution < -0.4 is 14.2 Å². The van der Waals surface area contributed by atoms with E-state index in [0.29, 0.717) is 29.0 Å². The molecule has 0 aromatic heterocycles. The van der Waals surface area contributed by atoms with Crippen molar-refractivity contribution in [1.82, 2.24) is 0 Å². The lowest BCUT2D eigenvalue weighted by molar-refractivity contribution is -0.143. The Balaban J connectivity index is 2.12. The number of aryl methyl sites for hydroxylation is 1. The Labute approximate surface area is 195 Å². The number of aliphatic hydroxyl groups is 2. The molecule has 1 aliphatic heterocycles. The van der Waals surface area contributed by atoms with E-state index in [1.54, 1.807) is 39.0 Å². The molecule has 1 unspecified atom stereocenters. The fourth-order valence-corrected chi connectivity index (χ4v) is 3.71. The maximum atomic E-state index is 12.6. The molecule has 0 amide bonds. The van der Waals surface area contributed by atoms with Crippen LogP contribution in [-0.2, 0) is 16.1 Å². The summed E-state index contributed by atoms with van der Waals surface area (Å²) in [5.41, 5.74) is 1.61. The minimum Gasteiger partial charge on any atom is -0.496 e. The number of carbonyl (C=O) groups excluding carboxylic acids is 1. The number of benzene rings is 2. The van der Waals surface area contributed by atoms with Gasteiger partial charge in [0, 0.05) is 11.1 Å². The van der Waals surface area contributed by atoms with Gasteiger partial charge >= 0.3 is 5.97 Å². The van der Waals surface area contributed by atoms with Gasteiger partial charge in [-0.2, -0.15) is 0 Å². The number of fused-ring (bicyclic) bond motifs is 2. The summed E-state index contributed by atoms with van der Waals surface area (Å²) in [5.74, 6) is 1.07. The number of esters is 1. The molecule has 0 bridgehead atoms. The standard InChI is InChI=1S/C26H34O7/c1-14(2)10-18(27)17-8-9-19-21(23(17)30-7)24(28)31-13-16-11-15(3)12-20(22(16)32-19)33-25(29)26(4,5)6/h8-9,11-12,14,18,24,27-28H,10,13H2,1-7H3/t18-,24?/m0/s1. The second kappa shape index (κ2) is 9.71. The maximum Gasteiger partial charge on any atom is 0.316 e. The first-order chi connectivity index (χ1) is 15.4. The lowest BCUT2D eigenvalue weighted by Crippen LogP contribution is -2.26. The van der Waals surface area contributed by atoms with E-state index in [1.165, 1.54) is 7.11 Å². The normalized spacial score (nSPS) is 16.7. The summed E-state index contributed by atoms with van der Waals surface area (Å²) >= 11 is 0. The van der Waals surface area contributed by atoms with E-state index in [4.69, 9.17) is 18.9 Å². The van der Waals surface area contributed by atoms with Crippen LogP contribution in [0.2, 0.25) is 0 Å². The minimum atomic E-state index is -1.34. The first-order valence-electron chi connectivity index (χ1n) is 11.1. The average molecular weight is 459 g/mol. The molecule has 3 rings (SSSR count). The Hall–Kier alpha value is -2.61. The SMILES string of the molecule is COc1c([C@@H](O)CC(C)C)ccc2c1C(O)OCc1cc(C)cc(OC(=O)C(C)(C)C)c1O2. The second-order valence-corrected chi connectivity index (χ2v) is 9.90. The van der Waals surface area contributed by atoms with Gasteiger partial charge in [-0.3, -0.25) is 4.79 Å². The molecule has 1 aliphatic rings. The zero-order valence-electron chi connectivity index (χ0n) is 20.4. The lowest BCUT2D eigenvalue weighted by Gasteiger charge is -2.27. The minimum absolute atomic E-state index is 0.0274. The highest BCUT2D eigenvalue weighted by Crippen LogP contribution is 2.47. The highest BCUT2D eigenvalue weighted by molar-refractivity contribution is 5.79. The lowest BCUT2D eigenvalue weighted by atomic mass is 9.96. The van der Waals surface area contributed by atoms with Gasteiger partial charge in [0.2, 0.25) is 0 Å². The van der Waals surface area contributed by atoms with Crippen molar-refractivity contribution >= 4 is 5.97 Å². The van der Waals surface area contributed by atoms with Crippen LogP contribution in [0.4, 0.5) is 0 Å². The molecule has 180 valence electrons. The van der Waals surface area contributed by atoms with Gasteiger partial charge in [-0.25, -0.2) is 0 Å². The van der Waals surface area contributed by atoms with E-state index in [0.717, 1.165) is 5.56 Å². The smallest absolute Gasteiger partial charge is 0.316 e. The maximum absolute atomic E-state index is 12.6. The number of hydrogen-bond acceptors (Lipinski definition) is 7. The second-order valence-electron chi connectivity index (χ2n) is 9.90. The third-order valence-electron chi connectivity index (χ3n) is 5.39. The highest BCUT2D eigenvalue weighted by atomic mass is 16.6. The monoisotopic (exact) mass is 458 g/mol. The molecule has 0 radical (unpaired) electrons. The van der Waals surface area contributed by atoms with Crippen LogP contribution in [0.5, 0.6) is 23.0 Å². The van der Waals surface area contributed by atoms with Crippen molar-refractivity contribution in [2.75, 3.05) is 7.11 Å². The molecule has 2 atom stereocenters. The molecular formula is C26H34O7. The van der Waals surface area contributed by atoms with Crippen molar-refractivity contribution in [3.05, 3.63) is 46.5 Å². The molecule has 0 spiro atoms. The summed E-state index contributed by atoms with van der Waals surface area (Å²) in [6.45, 7) is 11.3. The fraction of sp³-hybridized carbons (Fsp3) is 0.500. The Bertz CT molecular complexity index is 1020. The topological polar surface area (TPSA) is 94.5 Å². The van der Waals surface area contributed by atoms with Crippen LogP contribution in [0.1, 0.15) is 75.7 Å². The molecule has 7 heteroatoms. The van der Waals surface area contributed by atoms with Crippen LogP contribution in [0.3, 0.4) is 0 Å². The fourth-order valence-electron chi connectivity index (χ4n) is 3.71. The van der Waals surface area contributed by atoms with E-state index in [-0.39, 0.29) is 29.6 Å². The molecule has 2 aromatic carbocycles. The van der Waals surface area contributed by atoms with Gasteiger partial charge < -0.3 is 29.2 Å². The zero-order chi connectivity index (χ0) is 24.5.